The second kappa shape index (κ2) is 7.45. The Morgan fingerprint density at radius 2 is 1.75 bits per heavy atom. The number of carboxylic acids is 1. The van der Waals surface area contributed by atoms with Gasteiger partial charge in [-0.1, -0.05) is 12.1 Å². The third-order valence-electron chi connectivity index (χ3n) is 4.09. The van der Waals surface area contributed by atoms with Crippen molar-refractivity contribution >= 4 is 17.6 Å². The lowest BCUT2D eigenvalue weighted by molar-refractivity contribution is -0.137. The molecule has 0 bridgehead atoms. The van der Waals surface area contributed by atoms with E-state index in [1.807, 2.05) is 6.07 Å². The van der Waals surface area contributed by atoms with Gasteiger partial charge in [0.25, 0.3) is 0 Å². The van der Waals surface area contributed by atoms with E-state index in [0.29, 0.717) is 11.4 Å². The number of hydrogen-bond acceptors (Lipinski definition) is 2. The molecule has 0 unspecified atom stereocenters. The minimum atomic E-state index is -4.50. The lowest BCUT2D eigenvalue weighted by Crippen LogP contribution is -2.05. The smallest absolute Gasteiger partial charge is 0.416 e. The van der Waals surface area contributed by atoms with Crippen molar-refractivity contribution in [2.75, 3.05) is 0 Å². The number of nitrogens with zero attached hydrogens (tertiary/aromatic N) is 2. The standard InChI is InChI=1S/C21H13F3N2O2/c22-21(23,24)17-4-1-3-15(11-17)16(13-25)12-19-5-2-10-26(19)18-8-6-14(7-9-18)20(27)28/h1-12H,(H,27,28)/b16-12-. The molecule has 2 aromatic carbocycles. The maximum absolute atomic E-state index is 12.9. The van der Waals surface area contributed by atoms with Gasteiger partial charge in [0.1, 0.15) is 0 Å². The summed E-state index contributed by atoms with van der Waals surface area (Å²) in [6.07, 6.45) is -1.30. The van der Waals surface area contributed by atoms with Crippen LogP contribution < -0.4 is 0 Å². The molecule has 0 aliphatic carbocycles. The molecule has 3 aromatic rings. The fraction of sp³-hybridized carbons (Fsp3) is 0.0476. The summed E-state index contributed by atoms with van der Waals surface area (Å²) in [5.41, 5.74) is 0.764. The zero-order valence-electron chi connectivity index (χ0n) is 14.3. The minimum absolute atomic E-state index is 0.0770. The highest BCUT2D eigenvalue weighted by Gasteiger charge is 2.30. The van der Waals surface area contributed by atoms with Gasteiger partial charge in [-0.25, -0.2) is 4.79 Å². The molecule has 0 radical (unpaired) electrons. The van der Waals surface area contributed by atoms with E-state index < -0.39 is 17.7 Å². The molecule has 0 amide bonds. The number of carboxylic acid groups (broad SMARTS) is 1. The van der Waals surface area contributed by atoms with Crippen LogP contribution in [0.1, 0.15) is 27.2 Å². The van der Waals surface area contributed by atoms with Gasteiger partial charge >= 0.3 is 12.1 Å². The molecule has 140 valence electrons. The predicted molar refractivity (Wildman–Crippen MR) is 97.7 cm³/mol. The second-order valence-electron chi connectivity index (χ2n) is 5.90. The summed E-state index contributed by atoms with van der Waals surface area (Å²) in [6, 6.07) is 16.1. The van der Waals surface area contributed by atoms with Crippen molar-refractivity contribution in [2.24, 2.45) is 0 Å². The van der Waals surface area contributed by atoms with Crippen LogP contribution in [0.15, 0.2) is 66.9 Å². The summed E-state index contributed by atoms with van der Waals surface area (Å²) in [5, 5.41) is 18.4. The number of hydrogen-bond donors (Lipinski definition) is 1. The number of allylic oxidation sites excluding steroid dienone is 1. The molecule has 0 fully saturated rings. The fourth-order valence-electron chi connectivity index (χ4n) is 2.70. The summed E-state index contributed by atoms with van der Waals surface area (Å²) >= 11 is 0. The topological polar surface area (TPSA) is 66.0 Å². The molecule has 7 heteroatoms. The first-order valence-electron chi connectivity index (χ1n) is 8.10. The molecule has 3 rings (SSSR count). The average molecular weight is 382 g/mol. The SMILES string of the molecule is N#C/C(=C/c1cccn1-c1ccc(C(=O)O)cc1)c1cccc(C(F)(F)F)c1. The monoisotopic (exact) mass is 382 g/mol. The maximum atomic E-state index is 12.9. The average Bonchev–Trinajstić information content (AvgIpc) is 3.13. The number of carbonyl (C=O) groups is 1. The van der Waals surface area contributed by atoms with E-state index in [-0.39, 0.29) is 16.7 Å². The van der Waals surface area contributed by atoms with Gasteiger partial charge in [0, 0.05) is 17.6 Å². The van der Waals surface area contributed by atoms with Crippen LogP contribution in [0.5, 0.6) is 0 Å². The lowest BCUT2D eigenvalue weighted by atomic mass is 10.0. The van der Waals surface area contributed by atoms with Crippen LogP contribution in [-0.4, -0.2) is 15.6 Å². The number of aromatic nitrogens is 1. The first kappa shape index (κ1) is 19.0. The van der Waals surface area contributed by atoms with Crippen LogP contribution in [0.3, 0.4) is 0 Å². The van der Waals surface area contributed by atoms with Crippen LogP contribution in [0.2, 0.25) is 0 Å². The number of benzene rings is 2. The highest BCUT2D eigenvalue weighted by atomic mass is 19.4. The van der Waals surface area contributed by atoms with E-state index in [1.165, 1.54) is 30.3 Å². The molecule has 4 nitrogen and oxygen atoms in total. The summed E-state index contributed by atoms with van der Waals surface area (Å²) in [4.78, 5) is 11.0. The Hall–Kier alpha value is -3.79. The quantitative estimate of drug-likeness (QED) is 0.626. The van der Waals surface area contributed by atoms with E-state index >= 15 is 0 Å². The van der Waals surface area contributed by atoms with Crippen LogP contribution in [-0.2, 0) is 6.18 Å². The molecule has 1 heterocycles. The molecule has 1 N–H and O–H groups in total. The highest BCUT2D eigenvalue weighted by molar-refractivity contribution is 5.90. The molecular weight excluding hydrogens is 369 g/mol. The Morgan fingerprint density at radius 3 is 2.36 bits per heavy atom. The van der Waals surface area contributed by atoms with Gasteiger partial charge in [0.05, 0.1) is 22.8 Å². The van der Waals surface area contributed by atoms with Gasteiger partial charge in [0.2, 0.25) is 0 Å². The first-order valence-corrected chi connectivity index (χ1v) is 8.10. The summed E-state index contributed by atoms with van der Waals surface area (Å²) in [6.45, 7) is 0. The van der Waals surface area contributed by atoms with Crippen LogP contribution >= 0.6 is 0 Å². The van der Waals surface area contributed by atoms with Crippen LogP contribution in [0, 0.1) is 11.3 Å². The molecule has 0 saturated carbocycles. The summed E-state index contributed by atoms with van der Waals surface area (Å²) in [5.74, 6) is -1.05. The Morgan fingerprint density at radius 1 is 1.04 bits per heavy atom. The summed E-state index contributed by atoms with van der Waals surface area (Å²) in [7, 11) is 0. The zero-order valence-corrected chi connectivity index (χ0v) is 14.3. The Kier molecular flexibility index (Phi) is 5.05. The molecule has 1 aromatic heterocycles. The Labute approximate surface area is 158 Å². The summed E-state index contributed by atoms with van der Waals surface area (Å²) < 4.78 is 40.5. The van der Waals surface area contributed by atoms with E-state index in [0.717, 1.165) is 12.1 Å². The molecule has 28 heavy (non-hydrogen) atoms. The lowest BCUT2D eigenvalue weighted by Gasteiger charge is -2.09. The Bertz CT molecular complexity index is 1090. The van der Waals surface area contributed by atoms with Crippen molar-refractivity contribution in [3.63, 3.8) is 0 Å². The second-order valence-corrected chi connectivity index (χ2v) is 5.90. The number of alkyl halides is 3. The van der Waals surface area contributed by atoms with E-state index in [1.54, 1.807) is 35.0 Å². The van der Waals surface area contributed by atoms with Crippen molar-refractivity contribution in [3.8, 4) is 11.8 Å². The van der Waals surface area contributed by atoms with Crippen molar-refractivity contribution in [1.29, 1.82) is 5.26 Å². The van der Waals surface area contributed by atoms with Crippen molar-refractivity contribution in [2.45, 2.75) is 6.18 Å². The predicted octanol–water partition coefficient (Wildman–Crippen LogP) is 5.26. The van der Waals surface area contributed by atoms with Gasteiger partial charge in [-0.05, 0) is 60.2 Å². The van der Waals surface area contributed by atoms with Crippen molar-refractivity contribution in [3.05, 3.63) is 89.2 Å². The fourth-order valence-corrected chi connectivity index (χ4v) is 2.70. The van der Waals surface area contributed by atoms with Gasteiger partial charge in [0.15, 0.2) is 0 Å². The third-order valence-corrected chi connectivity index (χ3v) is 4.09. The maximum Gasteiger partial charge on any atom is 0.416 e. The largest absolute Gasteiger partial charge is 0.478 e. The number of halogens is 3. The molecular formula is C21H13F3N2O2. The van der Waals surface area contributed by atoms with Crippen molar-refractivity contribution < 1.29 is 23.1 Å². The van der Waals surface area contributed by atoms with Crippen LogP contribution in [0.4, 0.5) is 13.2 Å². The van der Waals surface area contributed by atoms with Crippen LogP contribution in [0.25, 0.3) is 17.3 Å². The van der Waals surface area contributed by atoms with Gasteiger partial charge in [-0.3, -0.25) is 0 Å². The van der Waals surface area contributed by atoms with Gasteiger partial charge in [-0.15, -0.1) is 0 Å². The zero-order chi connectivity index (χ0) is 20.3. The molecule has 0 saturated heterocycles. The van der Waals surface area contributed by atoms with E-state index in [2.05, 4.69) is 0 Å². The highest BCUT2D eigenvalue weighted by Crippen LogP contribution is 2.31. The van der Waals surface area contributed by atoms with Gasteiger partial charge in [-0.2, -0.15) is 18.4 Å². The first-order chi connectivity index (χ1) is 13.3. The molecule has 0 aliphatic heterocycles. The number of nitriles is 1. The molecule has 0 aliphatic rings. The van der Waals surface area contributed by atoms with E-state index in [4.69, 9.17) is 5.11 Å². The molecule has 0 spiro atoms. The number of rotatable bonds is 4. The Balaban J connectivity index is 2.01. The van der Waals surface area contributed by atoms with Gasteiger partial charge < -0.3 is 9.67 Å². The molecule has 0 atom stereocenters. The third kappa shape index (κ3) is 3.96. The number of aromatic carboxylic acids is 1. The van der Waals surface area contributed by atoms with Crippen molar-refractivity contribution in [1.82, 2.24) is 4.57 Å². The minimum Gasteiger partial charge on any atom is -0.478 e. The normalized spacial score (nSPS) is 11.9. The van der Waals surface area contributed by atoms with E-state index in [9.17, 15) is 23.2 Å².